The summed E-state index contributed by atoms with van der Waals surface area (Å²) >= 11 is 0. The number of nitrogens with one attached hydrogen (secondary N) is 1. The maximum atomic E-state index is 10.9. The predicted molar refractivity (Wildman–Crippen MR) is 35.5 cm³/mol. The summed E-state index contributed by atoms with van der Waals surface area (Å²) < 4.78 is 4.87. The van der Waals surface area contributed by atoms with Crippen molar-refractivity contribution in [3.05, 3.63) is 0 Å². The van der Waals surface area contributed by atoms with Crippen LogP contribution in [-0.4, -0.2) is 36.9 Å². The highest BCUT2D eigenvalue weighted by Gasteiger charge is 2.26. The highest BCUT2D eigenvalue weighted by molar-refractivity contribution is 5.80. The molecule has 0 spiro atoms. The van der Waals surface area contributed by atoms with E-state index in [-0.39, 0.29) is 25.2 Å². The summed E-state index contributed by atoms with van der Waals surface area (Å²) in [6, 6.07) is 0. The van der Waals surface area contributed by atoms with Crippen LogP contribution >= 0.6 is 0 Å². The van der Waals surface area contributed by atoms with Gasteiger partial charge in [-0.05, 0) is 0 Å². The maximum absolute atomic E-state index is 10.9. The van der Waals surface area contributed by atoms with Crippen molar-refractivity contribution in [2.75, 3.05) is 19.8 Å². The van der Waals surface area contributed by atoms with Gasteiger partial charge in [-0.15, -0.1) is 0 Å². The van der Waals surface area contributed by atoms with E-state index in [1.165, 1.54) is 0 Å². The lowest BCUT2D eigenvalue weighted by atomic mass is 10.2. The molecule has 1 atom stereocenters. The lowest BCUT2D eigenvalue weighted by molar-refractivity contribution is -0.158. The molecule has 1 unspecified atom stereocenters. The van der Waals surface area contributed by atoms with Crippen LogP contribution in [0.3, 0.4) is 0 Å². The van der Waals surface area contributed by atoms with E-state index in [1.807, 2.05) is 0 Å². The zero-order chi connectivity index (χ0) is 8.10. The molecule has 5 nitrogen and oxygen atoms in total. The van der Waals surface area contributed by atoms with Crippen molar-refractivity contribution in [2.45, 2.75) is 12.5 Å². The van der Waals surface area contributed by atoms with Crippen molar-refractivity contribution in [3.63, 3.8) is 0 Å². The van der Waals surface area contributed by atoms with Crippen molar-refractivity contribution in [1.29, 1.82) is 0 Å². The zero-order valence-corrected chi connectivity index (χ0v) is 6.08. The molecule has 1 rings (SSSR count). The highest BCUT2D eigenvalue weighted by Crippen LogP contribution is 2.09. The Morgan fingerprint density at radius 3 is 3.00 bits per heavy atom. The van der Waals surface area contributed by atoms with Crippen molar-refractivity contribution in [3.8, 4) is 0 Å². The summed E-state index contributed by atoms with van der Waals surface area (Å²) in [5.74, 6) is -0.273. The third-order valence-electron chi connectivity index (χ3n) is 1.36. The number of hydrogen-bond donors (Lipinski definition) is 2. The second-order valence-electron chi connectivity index (χ2n) is 2.19. The summed E-state index contributed by atoms with van der Waals surface area (Å²) in [5, 5.41) is 8.28. The van der Waals surface area contributed by atoms with E-state index in [2.05, 4.69) is 10.3 Å². The van der Waals surface area contributed by atoms with Gasteiger partial charge in [0.15, 0.2) is 0 Å². The number of aliphatic hydroxyl groups excluding tert-OH is 1. The zero-order valence-electron chi connectivity index (χ0n) is 6.08. The van der Waals surface area contributed by atoms with Crippen molar-refractivity contribution in [1.82, 2.24) is 5.48 Å². The number of rotatable bonds is 4. The lowest BCUT2D eigenvalue weighted by Crippen LogP contribution is -2.43. The average molecular weight is 161 g/mol. The van der Waals surface area contributed by atoms with E-state index >= 15 is 0 Å². The van der Waals surface area contributed by atoms with Crippen LogP contribution in [0.2, 0.25) is 0 Å². The van der Waals surface area contributed by atoms with Gasteiger partial charge in [0.1, 0.15) is 6.10 Å². The molecule has 0 aromatic rings. The van der Waals surface area contributed by atoms with Crippen LogP contribution in [0.15, 0.2) is 0 Å². The van der Waals surface area contributed by atoms with E-state index in [1.54, 1.807) is 0 Å². The molecule has 0 aromatic heterocycles. The molecule has 11 heavy (non-hydrogen) atoms. The Hall–Kier alpha value is -0.650. The summed E-state index contributed by atoms with van der Waals surface area (Å²) in [6.45, 7) is 0.641. The summed E-state index contributed by atoms with van der Waals surface area (Å²) in [5.41, 5.74) is 2.16. The van der Waals surface area contributed by atoms with E-state index in [4.69, 9.17) is 9.84 Å². The Morgan fingerprint density at radius 1 is 1.82 bits per heavy atom. The van der Waals surface area contributed by atoms with Gasteiger partial charge in [0.25, 0.3) is 5.91 Å². The Kier molecular flexibility index (Phi) is 3.28. The first-order valence-corrected chi connectivity index (χ1v) is 3.48. The second-order valence-corrected chi connectivity index (χ2v) is 2.19. The van der Waals surface area contributed by atoms with Crippen LogP contribution in [0.1, 0.15) is 6.42 Å². The number of carbonyl (C=O) groups is 1. The number of carbonyl (C=O) groups excluding carboxylic acids is 1. The minimum Gasteiger partial charge on any atom is -0.394 e. The molecule has 64 valence electrons. The molecule has 0 bridgehead atoms. The van der Waals surface area contributed by atoms with Crippen LogP contribution in [0.25, 0.3) is 0 Å². The molecule has 1 fully saturated rings. The molecular formula is C6H11NO4. The smallest absolute Gasteiger partial charge is 0.272 e. The van der Waals surface area contributed by atoms with E-state index in [0.29, 0.717) is 6.61 Å². The summed E-state index contributed by atoms with van der Waals surface area (Å²) in [6.07, 6.45) is 0.391. The molecule has 0 radical (unpaired) electrons. The third kappa shape index (κ3) is 2.45. The molecule has 1 saturated heterocycles. The largest absolute Gasteiger partial charge is 0.394 e. The highest BCUT2D eigenvalue weighted by atomic mass is 16.7. The monoisotopic (exact) mass is 161 g/mol. The molecule has 5 heteroatoms. The van der Waals surface area contributed by atoms with Gasteiger partial charge in [-0.3, -0.25) is 9.63 Å². The summed E-state index contributed by atoms with van der Waals surface area (Å²) in [7, 11) is 0. The molecule has 0 saturated carbocycles. The first kappa shape index (κ1) is 8.45. The van der Waals surface area contributed by atoms with E-state index < -0.39 is 0 Å². The van der Waals surface area contributed by atoms with Gasteiger partial charge in [-0.1, -0.05) is 0 Å². The van der Waals surface area contributed by atoms with Crippen LogP contribution in [0.5, 0.6) is 0 Å². The number of aliphatic hydroxyl groups is 1. The first-order chi connectivity index (χ1) is 5.34. The van der Waals surface area contributed by atoms with Crippen LogP contribution in [0, 0.1) is 0 Å². The second kappa shape index (κ2) is 4.27. The van der Waals surface area contributed by atoms with Crippen LogP contribution in [-0.2, 0) is 14.4 Å². The van der Waals surface area contributed by atoms with Crippen molar-refractivity contribution in [2.24, 2.45) is 0 Å². The van der Waals surface area contributed by atoms with Crippen LogP contribution in [0.4, 0.5) is 0 Å². The van der Waals surface area contributed by atoms with E-state index in [0.717, 1.165) is 6.42 Å². The molecule has 2 N–H and O–H groups in total. The molecular weight excluding hydrogens is 150 g/mol. The number of hydroxylamine groups is 1. The Bertz CT molecular complexity index is 135. The van der Waals surface area contributed by atoms with Gasteiger partial charge in [-0.2, -0.15) is 0 Å². The van der Waals surface area contributed by atoms with E-state index in [9.17, 15) is 4.79 Å². The molecule has 1 aliphatic rings. The first-order valence-electron chi connectivity index (χ1n) is 3.48. The normalized spacial score (nSPS) is 22.5. The van der Waals surface area contributed by atoms with Gasteiger partial charge in [0.2, 0.25) is 0 Å². The van der Waals surface area contributed by atoms with Gasteiger partial charge in [0, 0.05) is 6.42 Å². The Labute approximate surface area is 64.2 Å². The molecule has 1 amide bonds. The standard InChI is InChI=1S/C6H11NO4/c8-2-4-11-7-6(9)5-1-3-10-5/h5,8H,1-4H2,(H,7,9). The number of hydrogen-bond acceptors (Lipinski definition) is 4. The van der Waals surface area contributed by atoms with Gasteiger partial charge < -0.3 is 9.84 Å². The minimum absolute atomic E-state index is 0.105. The fourth-order valence-electron chi connectivity index (χ4n) is 0.676. The fourth-order valence-corrected chi connectivity index (χ4v) is 0.676. The van der Waals surface area contributed by atoms with Gasteiger partial charge in [-0.25, -0.2) is 5.48 Å². The minimum atomic E-state index is -0.353. The molecule has 0 aliphatic carbocycles. The quantitative estimate of drug-likeness (QED) is 0.402. The SMILES string of the molecule is O=C(NOCCO)C1CCO1. The molecule has 0 aromatic carbocycles. The third-order valence-corrected chi connectivity index (χ3v) is 1.36. The maximum Gasteiger partial charge on any atom is 0.272 e. The molecule has 1 heterocycles. The van der Waals surface area contributed by atoms with Crippen LogP contribution < -0.4 is 5.48 Å². The van der Waals surface area contributed by atoms with Crippen molar-refractivity contribution < 1.29 is 19.5 Å². The Morgan fingerprint density at radius 2 is 2.55 bits per heavy atom. The number of amides is 1. The Balaban J connectivity index is 2.01. The molecule has 1 aliphatic heterocycles. The number of ether oxygens (including phenoxy) is 1. The lowest BCUT2D eigenvalue weighted by Gasteiger charge is -2.24. The predicted octanol–water partition coefficient (Wildman–Crippen LogP) is -1.18. The van der Waals surface area contributed by atoms with Crippen molar-refractivity contribution >= 4 is 5.91 Å². The fraction of sp³-hybridized carbons (Fsp3) is 0.833. The van der Waals surface area contributed by atoms with Gasteiger partial charge in [0.05, 0.1) is 19.8 Å². The van der Waals surface area contributed by atoms with Gasteiger partial charge >= 0.3 is 0 Å². The average Bonchev–Trinajstić information content (AvgIpc) is 1.84. The topological polar surface area (TPSA) is 67.8 Å². The summed E-state index contributed by atoms with van der Waals surface area (Å²) in [4.78, 5) is 15.4.